The van der Waals surface area contributed by atoms with Gasteiger partial charge in [-0.05, 0) is 30.7 Å². The number of aryl methyl sites for hydroxylation is 1. The van der Waals surface area contributed by atoms with E-state index in [1.54, 1.807) is 6.92 Å². The molecule has 22 heavy (non-hydrogen) atoms. The van der Waals surface area contributed by atoms with Gasteiger partial charge in [-0.15, -0.1) is 11.3 Å². The van der Waals surface area contributed by atoms with E-state index < -0.39 is 28.6 Å². The first-order valence-corrected chi connectivity index (χ1v) is 6.73. The van der Waals surface area contributed by atoms with Crippen LogP contribution in [-0.4, -0.2) is 16.9 Å². The van der Waals surface area contributed by atoms with Gasteiger partial charge in [0.2, 0.25) is 5.78 Å². The molecule has 0 spiro atoms. The first-order valence-electron chi connectivity index (χ1n) is 5.85. The minimum Gasteiger partial charge on any atom is -0.399 e. The summed E-state index contributed by atoms with van der Waals surface area (Å²) in [6.45, 7) is 1.64. The number of nitrogens with two attached hydrogens (primary N) is 1. The maximum atomic E-state index is 13.2. The predicted octanol–water partition coefficient (Wildman–Crippen LogP) is 3.92. The van der Waals surface area contributed by atoms with Crippen LogP contribution in [0.2, 0.25) is 0 Å². The fraction of sp³-hybridized carbons (Fsp3) is 0.231. The number of alkyl halides is 5. The maximum Gasteiger partial charge on any atom is 0.459 e. The highest BCUT2D eigenvalue weighted by atomic mass is 32.1. The van der Waals surface area contributed by atoms with Crippen molar-refractivity contribution in [2.45, 2.75) is 19.0 Å². The van der Waals surface area contributed by atoms with Crippen molar-refractivity contribution in [3.63, 3.8) is 0 Å². The molecular formula is C13H9F5N2OS. The summed E-state index contributed by atoms with van der Waals surface area (Å²) in [6.07, 6.45) is -5.76. The monoisotopic (exact) mass is 336 g/mol. The molecule has 2 N–H and O–H groups in total. The Bertz CT molecular complexity index is 723. The van der Waals surface area contributed by atoms with Crippen LogP contribution in [0.15, 0.2) is 23.6 Å². The number of carbonyl (C=O) groups is 1. The fourth-order valence-corrected chi connectivity index (χ4v) is 2.41. The van der Waals surface area contributed by atoms with E-state index in [9.17, 15) is 26.7 Å². The Balaban J connectivity index is 2.35. The molecule has 0 atom stereocenters. The van der Waals surface area contributed by atoms with Crippen LogP contribution in [0.25, 0.3) is 0 Å². The molecule has 0 aliphatic heterocycles. The molecule has 0 bridgehead atoms. The van der Waals surface area contributed by atoms with Gasteiger partial charge in [0.1, 0.15) is 5.69 Å². The van der Waals surface area contributed by atoms with E-state index in [1.807, 2.05) is 0 Å². The zero-order chi connectivity index (χ0) is 16.7. The predicted molar refractivity (Wildman–Crippen MR) is 71.1 cm³/mol. The molecule has 9 heteroatoms. The summed E-state index contributed by atoms with van der Waals surface area (Å²) in [5.41, 5.74) is 5.23. The van der Waals surface area contributed by atoms with Crippen LogP contribution in [0, 0.1) is 6.92 Å². The van der Waals surface area contributed by atoms with Gasteiger partial charge in [-0.2, -0.15) is 22.0 Å². The van der Waals surface area contributed by atoms with Crippen molar-refractivity contribution in [1.29, 1.82) is 0 Å². The quantitative estimate of drug-likeness (QED) is 0.525. The molecule has 0 saturated heterocycles. The second kappa shape index (κ2) is 5.31. The lowest BCUT2D eigenvalue weighted by Gasteiger charge is -2.16. The van der Waals surface area contributed by atoms with Crippen LogP contribution < -0.4 is 5.73 Å². The number of benzene rings is 1. The minimum atomic E-state index is -5.76. The average Bonchev–Trinajstić information content (AvgIpc) is 2.90. The lowest BCUT2D eigenvalue weighted by Crippen LogP contribution is -2.34. The molecule has 3 nitrogen and oxygen atoms in total. The number of hydrogen-bond donors (Lipinski definition) is 1. The molecule has 1 aromatic heterocycles. The standard InChI is InChI=1S/C13H9F5N2OS/c1-6-4-7(2-3-8(6)19)10(21)11-20-9(5-22-11)12(14,15)13(16,17)18/h2-5H,19H2,1H3. The zero-order valence-electron chi connectivity index (χ0n) is 11.0. The SMILES string of the molecule is Cc1cc(C(=O)c2nc(C(F)(F)C(F)(F)F)cs2)ccc1N. The second-order valence-electron chi connectivity index (χ2n) is 4.51. The minimum absolute atomic E-state index is 0.114. The molecule has 0 aliphatic rings. The highest BCUT2D eigenvalue weighted by molar-refractivity contribution is 7.12. The number of nitrogen functional groups attached to an aromatic ring is 1. The van der Waals surface area contributed by atoms with Gasteiger partial charge in [-0.25, -0.2) is 4.98 Å². The summed E-state index contributed by atoms with van der Waals surface area (Å²) in [6, 6.07) is 4.22. The van der Waals surface area contributed by atoms with E-state index in [0.717, 1.165) is 0 Å². The van der Waals surface area contributed by atoms with Crippen molar-refractivity contribution in [3.05, 3.63) is 45.4 Å². The number of aromatic nitrogens is 1. The van der Waals surface area contributed by atoms with Crippen LogP contribution in [0.4, 0.5) is 27.6 Å². The number of carbonyl (C=O) groups excluding carboxylic acids is 1. The molecule has 1 heterocycles. The van der Waals surface area contributed by atoms with Crippen molar-refractivity contribution >= 4 is 22.8 Å². The summed E-state index contributed by atoms with van der Waals surface area (Å²) in [4.78, 5) is 15.2. The summed E-state index contributed by atoms with van der Waals surface area (Å²) < 4.78 is 63.1. The van der Waals surface area contributed by atoms with E-state index >= 15 is 0 Å². The lowest BCUT2D eigenvalue weighted by atomic mass is 10.1. The molecule has 0 aliphatic carbocycles. The molecule has 0 radical (unpaired) electrons. The van der Waals surface area contributed by atoms with Gasteiger partial charge in [0.15, 0.2) is 5.01 Å². The summed E-state index contributed by atoms with van der Waals surface area (Å²) in [5, 5.41) is 0.0910. The Morgan fingerprint density at radius 1 is 1.23 bits per heavy atom. The topological polar surface area (TPSA) is 56.0 Å². The van der Waals surface area contributed by atoms with Gasteiger partial charge in [0.25, 0.3) is 0 Å². The van der Waals surface area contributed by atoms with E-state index in [-0.39, 0.29) is 5.56 Å². The van der Waals surface area contributed by atoms with Crippen molar-refractivity contribution in [2.75, 3.05) is 5.73 Å². The van der Waals surface area contributed by atoms with E-state index in [1.165, 1.54) is 18.2 Å². The molecule has 1 aromatic carbocycles. The Morgan fingerprint density at radius 3 is 2.41 bits per heavy atom. The molecule has 2 rings (SSSR count). The average molecular weight is 336 g/mol. The Labute approximate surface area is 125 Å². The highest BCUT2D eigenvalue weighted by Gasteiger charge is 2.60. The highest BCUT2D eigenvalue weighted by Crippen LogP contribution is 2.43. The summed E-state index contributed by atoms with van der Waals surface area (Å²) in [5.74, 6) is -5.84. The number of anilines is 1. The molecule has 0 saturated carbocycles. The molecular weight excluding hydrogens is 327 g/mol. The largest absolute Gasteiger partial charge is 0.459 e. The van der Waals surface area contributed by atoms with Crippen molar-refractivity contribution in [3.8, 4) is 0 Å². The Morgan fingerprint density at radius 2 is 1.86 bits per heavy atom. The third-order valence-corrected chi connectivity index (χ3v) is 3.75. The van der Waals surface area contributed by atoms with E-state index in [4.69, 9.17) is 5.73 Å². The lowest BCUT2D eigenvalue weighted by molar-refractivity contribution is -0.290. The maximum absolute atomic E-state index is 13.2. The number of nitrogens with zero attached hydrogens (tertiary/aromatic N) is 1. The smallest absolute Gasteiger partial charge is 0.399 e. The Kier molecular flexibility index (Phi) is 3.94. The molecule has 118 valence electrons. The third kappa shape index (κ3) is 2.80. The number of thiazole rings is 1. The van der Waals surface area contributed by atoms with E-state index in [0.29, 0.717) is 28.0 Å². The fourth-order valence-electron chi connectivity index (χ4n) is 1.61. The number of halogens is 5. The zero-order valence-corrected chi connectivity index (χ0v) is 11.9. The Hall–Kier alpha value is -2.03. The summed E-state index contributed by atoms with van der Waals surface area (Å²) in [7, 11) is 0. The molecule has 0 fully saturated rings. The number of rotatable bonds is 3. The van der Waals surface area contributed by atoms with Crippen LogP contribution in [0.1, 0.15) is 26.6 Å². The van der Waals surface area contributed by atoms with Gasteiger partial charge in [0, 0.05) is 16.6 Å². The number of hydrogen-bond acceptors (Lipinski definition) is 4. The third-order valence-electron chi connectivity index (χ3n) is 2.91. The van der Waals surface area contributed by atoms with Crippen molar-refractivity contribution in [1.82, 2.24) is 4.98 Å². The van der Waals surface area contributed by atoms with Crippen molar-refractivity contribution < 1.29 is 26.7 Å². The normalized spacial score (nSPS) is 12.5. The van der Waals surface area contributed by atoms with Gasteiger partial charge in [-0.3, -0.25) is 4.79 Å². The van der Waals surface area contributed by atoms with Gasteiger partial charge in [0.05, 0.1) is 0 Å². The van der Waals surface area contributed by atoms with Crippen LogP contribution in [0.5, 0.6) is 0 Å². The second-order valence-corrected chi connectivity index (χ2v) is 5.37. The first kappa shape index (κ1) is 16.3. The summed E-state index contributed by atoms with van der Waals surface area (Å²) >= 11 is 0.434. The van der Waals surface area contributed by atoms with Crippen LogP contribution in [0.3, 0.4) is 0 Å². The van der Waals surface area contributed by atoms with Crippen LogP contribution in [-0.2, 0) is 5.92 Å². The first-order chi connectivity index (χ1) is 10.0. The number of ketones is 1. The van der Waals surface area contributed by atoms with Crippen LogP contribution >= 0.6 is 11.3 Å². The molecule has 0 amide bonds. The van der Waals surface area contributed by atoms with E-state index in [2.05, 4.69) is 4.98 Å². The van der Waals surface area contributed by atoms with Gasteiger partial charge >= 0.3 is 12.1 Å². The van der Waals surface area contributed by atoms with Gasteiger partial charge < -0.3 is 5.73 Å². The molecule has 0 unspecified atom stereocenters. The van der Waals surface area contributed by atoms with Gasteiger partial charge in [-0.1, -0.05) is 0 Å². The molecule has 2 aromatic rings. The van der Waals surface area contributed by atoms with Crippen molar-refractivity contribution in [2.24, 2.45) is 0 Å².